The van der Waals surface area contributed by atoms with E-state index in [-0.39, 0.29) is 22.6 Å². The average Bonchev–Trinajstić information content (AvgIpc) is 3.62. The Balaban J connectivity index is 1.46. The van der Waals surface area contributed by atoms with Gasteiger partial charge in [0, 0.05) is 56.7 Å². The van der Waals surface area contributed by atoms with Gasteiger partial charge >= 0.3 is 10.2 Å². The van der Waals surface area contributed by atoms with Crippen LogP contribution in [0.4, 0.5) is 5.82 Å². The molecule has 6 aromatic rings. The van der Waals surface area contributed by atoms with Crippen LogP contribution in [0.1, 0.15) is 40.1 Å². The smallest absolute Gasteiger partial charge is 0.302 e. The molecule has 1 unspecified atom stereocenters. The number of fused-ring (bicyclic) bond motifs is 2. The molecule has 2 aromatic carbocycles. The molecule has 0 saturated heterocycles. The molecule has 232 valence electrons. The molecular formula is C32H29N9O4S. The van der Waals surface area contributed by atoms with Gasteiger partial charge in [-0.2, -0.15) is 17.8 Å². The predicted molar refractivity (Wildman–Crippen MR) is 174 cm³/mol. The molecule has 0 saturated carbocycles. The number of para-hydroxylation sites is 1. The minimum Gasteiger partial charge on any atom is -0.344 e. The van der Waals surface area contributed by atoms with Crippen LogP contribution in [0.25, 0.3) is 22.1 Å². The third-order valence-corrected chi connectivity index (χ3v) is 8.67. The number of carbonyl (C=O) groups excluding carboxylic acids is 1. The highest BCUT2D eigenvalue weighted by Crippen LogP contribution is 2.25. The highest BCUT2D eigenvalue weighted by Gasteiger charge is 2.27. The maximum atomic E-state index is 14.3. The van der Waals surface area contributed by atoms with Gasteiger partial charge in [0.1, 0.15) is 5.56 Å². The second kappa shape index (κ2) is 12.0. The molecule has 13 nitrogen and oxygen atoms in total. The fourth-order valence-corrected chi connectivity index (χ4v) is 5.57. The largest absolute Gasteiger partial charge is 0.344 e. The predicted octanol–water partition coefficient (Wildman–Crippen LogP) is 2.88. The van der Waals surface area contributed by atoms with E-state index in [1.54, 1.807) is 66.1 Å². The number of aryl methyl sites for hydroxylation is 1. The molecule has 0 aliphatic rings. The van der Waals surface area contributed by atoms with Crippen LogP contribution in [0, 0.1) is 11.8 Å². The van der Waals surface area contributed by atoms with Crippen molar-refractivity contribution in [3.8, 4) is 17.5 Å². The van der Waals surface area contributed by atoms with Crippen LogP contribution in [0.2, 0.25) is 0 Å². The fourth-order valence-electron chi connectivity index (χ4n) is 5.00. The molecule has 0 aliphatic carbocycles. The number of benzene rings is 2. The maximum Gasteiger partial charge on any atom is 0.302 e. The number of hydrogen-bond acceptors (Lipinski definition) is 7. The molecular weight excluding hydrogens is 606 g/mol. The summed E-state index contributed by atoms with van der Waals surface area (Å²) < 4.78 is 33.2. The van der Waals surface area contributed by atoms with Gasteiger partial charge in [-0.15, -0.1) is 5.10 Å². The van der Waals surface area contributed by atoms with E-state index in [0.717, 1.165) is 4.31 Å². The zero-order chi connectivity index (χ0) is 32.6. The molecule has 0 fully saturated rings. The van der Waals surface area contributed by atoms with E-state index >= 15 is 0 Å². The number of rotatable bonds is 7. The topological polar surface area (TPSA) is 149 Å². The third kappa shape index (κ3) is 5.72. The zero-order valence-corrected chi connectivity index (χ0v) is 26.1. The summed E-state index contributed by atoms with van der Waals surface area (Å²) in [6, 6.07) is 17.3. The van der Waals surface area contributed by atoms with Crippen molar-refractivity contribution in [2.24, 2.45) is 7.05 Å². The van der Waals surface area contributed by atoms with Crippen LogP contribution in [0.15, 0.2) is 90.2 Å². The number of carbonyl (C=O) groups is 1. The molecule has 6 rings (SSSR count). The van der Waals surface area contributed by atoms with Gasteiger partial charge in [-0.1, -0.05) is 42.2 Å². The number of hydrogen-bond donors (Lipinski definition) is 2. The van der Waals surface area contributed by atoms with Crippen molar-refractivity contribution in [1.82, 2.24) is 38.6 Å². The summed E-state index contributed by atoms with van der Waals surface area (Å²) in [5.74, 6) is 5.38. The van der Waals surface area contributed by atoms with Crippen molar-refractivity contribution in [1.29, 1.82) is 0 Å². The van der Waals surface area contributed by atoms with E-state index in [1.165, 1.54) is 24.8 Å². The van der Waals surface area contributed by atoms with Gasteiger partial charge in [-0.05, 0) is 42.6 Å². The molecule has 4 aromatic heterocycles. The monoisotopic (exact) mass is 635 g/mol. The number of nitrogens with one attached hydrogen (secondary N) is 2. The quantitative estimate of drug-likeness (QED) is 0.256. The van der Waals surface area contributed by atoms with E-state index in [4.69, 9.17) is 0 Å². The minimum absolute atomic E-state index is 0.0692. The first kappa shape index (κ1) is 30.3. The van der Waals surface area contributed by atoms with Crippen molar-refractivity contribution >= 4 is 38.4 Å². The average molecular weight is 636 g/mol. The lowest BCUT2D eigenvalue weighted by atomic mass is 10.0. The normalized spacial score (nSPS) is 12.2. The highest BCUT2D eigenvalue weighted by atomic mass is 32.2. The summed E-state index contributed by atoms with van der Waals surface area (Å²) in [7, 11) is 0.524. The summed E-state index contributed by atoms with van der Waals surface area (Å²) in [5, 5.41) is 12.4. The highest BCUT2D eigenvalue weighted by molar-refractivity contribution is 7.90. The lowest BCUT2D eigenvalue weighted by Crippen LogP contribution is -2.33. The number of anilines is 1. The number of pyridine rings is 1. The van der Waals surface area contributed by atoms with Gasteiger partial charge < -0.3 is 5.32 Å². The molecule has 0 aliphatic heterocycles. The first-order valence-electron chi connectivity index (χ1n) is 14.1. The third-order valence-electron chi connectivity index (χ3n) is 7.26. The van der Waals surface area contributed by atoms with E-state index < -0.39 is 22.2 Å². The molecule has 14 heteroatoms. The molecule has 1 atom stereocenters. The second-order valence-corrected chi connectivity index (χ2v) is 12.5. The Morgan fingerprint density at radius 2 is 1.83 bits per heavy atom. The Morgan fingerprint density at radius 1 is 1.04 bits per heavy atom. The Labute approximate surface area is 264 Å². The summed E-state index contributed by atoms with van der Waals surface area (Å²) in [6.07, 6.45) is 6.48. The van der Waals surface area contributed by atoms with Crippen LogP contribution in [0.5, 0.6) is 0 Å². The van der Waals surface area contributed by atoms with E-state index in [0.29, 0.717) is 33.3 Å². The molecule has 2 N–H and O–H groups in total. The lowest BCUT2D eigenvalue weighted by molar-refractivity contribution is 0.0941. The van der Waals surface area contributed by atoms with E-state index in [9.17, 15) is 18.0 Å². The first-order chi connectivity index (χ1) is 22.0. The van der Waals surface area contributed by atoms with Crippen molar-refractivity contribution in [3.05, 3.63) is 118 Å². The van der Waals surface area contributed by atoms with Gasteiger partial charge in [-0.3, -0.25) is 23.6 Å². The molecule has 0 radical (unpaired) electrons. The number of aromatic nitrogens is 6. The van der Waals surface area contributed by atoms with Gasteiger partial charge in [0.05, 0.1) is 23.2 Å². The van der Waals surface area contributed by atoms with Crippen LogP contribution < -0.4 is 15.6 Å². The standard InChI is InChI=1S/C32H29N9O4S/c1-21(35-31(42)28-29(37-46(44,45)38(2)3)36-40-17-9-16-33-30(28)40)26-18-24-11-8-10-23(15-14-22-19-34-39(4)20-22)27(24)32(43)41(26)25-12-6-5-7-13-25/h5-13,16-21H,1-4H3,(H,35,42)(H,36,37). The number of amides is 1. The van der Waals surface area contributed by atoms with E-state index in [1.807, 2.05) is 36.4 Å². The summed E-state index contributed by atoms with van der Waals surface area (Å²) >= 11 is 0. The van der Waals surface area contributed by atoms with Crippen LogP contribution >= 0.6 is 0 Å². The number of nitrogens with zero attached hydrogens (tertiary/aromatic N) is 7. The van der Waals surface area contributed by atoms with Gasteiger partial charge in [-0.25, -0.2) is 9.50 Å². The summed E-state index contributed by atoms with van der Waals surface area (Å²) in [4.78, 5) is 32.5. The van der Waals surface area contributed by atoms with Gasteiger partial charge in [0.15, 0.2) is 11.5 Å². The molecule has 0 bridgehead atoms. The Kier molecular flexibility index (Phi) is 7.86. The molecule has 1 amide bonds. The zero-order valence-electron chi connectivity index (χ0n) is 25.3. The minimum atomic E-state index is -4.00. The van der Waals surface area contributed by atoms with Crippen LogP contribution in [-0.2, 0) is 17.3 Å². The summed E-state index contributed by atoms with van der Waals surface area (Å²) in [6.45, 7) is 1.74. The lowest BCUT2D eigenvalue weighted by Gasteiger charge is -2.21. The maximum absolute atomic E-state index is 14.3. The Hall–Kier alpha value is -5.78. The van der Waals surface area contributed by atoms with E-state index in [2.05, 4.69) is 37.1 Å². The SMILES string of the molecule is CC(NC(=O)c1c(NS(=O)(=O)N(C)C)nn2cccnc12)c1cc2cccc(C#Cc3cnn(C)c3)c2c(=O)n1-c1ccccc1. The van der Waals surface area contributed by atoms with Gasteiger partial charge in [0.25, 0.3) is 11.5 Å². The van der Waals surface area contributed by atoms with Crippen LogP contribution in [-0.4, -0.2) is 61.7 Å². The fraction of sp³-hybridized carbons (Fsp3) is 0.156. The second-order valence-electron chi connectivity index (χ2n) is 10.7. The van der Waals surface area contributed by atoms with Crippen molar-refractivity contribution in [2.45, 2.75) is 13.0 Å². The van der Waals surface area contributed by atoms with Gasteiger partial charge in [0.2, 0.25) is 0 Å². The first-order valence-corrected chi connectivity index (χ1v) is 15.6. The van der Waals surface area contributed by atoms with Crippen molar-refractivity contribution in [2.75, 3.05) is 18.8 Å². The van der Waals surface area contributed by atoms with Crippen molar-refractivity contribution in [3.63, 3.8) is 0 Å². The summed E-state index contributed by atoms with van der Waals surface area (Å²) in [5.41, 5.74) is 2.12. The molecule has 0 spiro atoms. The molecule has 4 heterocycles. The van der Waals surface area contributed by atoms with Crippen molar-refractivity contribution < 1.29 is 13.2 Å². The Bertz CT molecular complexity index is 2350. The Morgan fingerprint density at radius 3 is 2.54 bits per heavy atom. The molecule has 46 heavy (non-hydrogen) atoms. The van der Waals surface area contributed by atoms with Crippen LogP contribution in [0.3, 0.4) is 0 Å².